The lowest BCUT2D eigenvalue weighted by atomic mass is 10.0. The summed E-state index contributed by atoms with van der Waals surface area (Å²) in [6.07, 6.45) is 2.06. The maximum atomic E-state index is 11.7. The van der Waals surface area contributed by atoms with Crippen molar-refractivity contribution in [2.24, 2.45) is 5.92 Å². The van der Waals surface area contributed by atoms with Crippen LogP contribution in [0.3, 0.4) is 0 Å². The van der Waals surface area contributed by atoms with Gasteiger partial charge in [0.2, 0.25) is 5.91 Å². The lowest BCUT2D eigenvalue weighted by Crippen LogP contribution is -2.45. The Balaban J connectivity index is 4.04. The molecular weight excluding hydrogens is 226 g/mol. The Morgan fingerprint density at radius 3 is 2.28 bits per heavy atom. The highest BCUT2D eigenvalue weighted by Crippen LogP contribution is 2.05. The van der Waals surface area contributed by atoms with E-state index in [0.717, 1.165) is 19.4 Å². The minimum Gasteiger partial charge on any atom is -0.353 e. The summed E-state index contributed by atoms with van der Waals surface area (Å²) in [6, 6.07) is 0.638. The number of amides is 1. The van der Waals surface area contributed by atoms with Gasteiger partial charge in [0.25, 0.3) is 0 Å². The van der Waals surface area contributed by atoms with Gasteiger partial charge in [0, 0.05) is 18.6 Å². The van der Waals surface area contributed by atoms with Crippen LogP contribution in [-0.4, -0.2) is 50.1 Å². The third-order valence-corrected chi connectivity index (χ3v) is 2.91. The molecule has 0 fully saturated rings. The van der Waals surface area contributed by atoms with Gasteiger partial charge >= 0.3 is 0 Å². The molecule has 2 unspecified atom stereocenters. The van der Waals surface area contributed by atoms with Crippen molar-refractivity contribution in [2.75, 3.05) is 27.2 Å². The van der Waals surface area contributed by atoms with E-state index in [0.29, 0.717) is 18.5 Å². The van der Waals surface area contributed by atoms with Gasteiger partial charge in [0.15, 0.2) is 0 Å². The summed E-state index contributed by atoms with van der Waals surface area (Å²) < 4.78 is 0. The van der Waals surface area contributed by atoms with Crippen molar-refractivity contribution >= 4 is 5.91 Å². The molecule has 108 valence electrons. The van der Waals surface area contributed by atoms with Gasteiger partial charge in [-0.1, -0.05) is 20.8 Å². The number of nitrogens with zero attached hydrogens (tertiary/aromatic N) is 1. The van der Waals surface area contributed by atoms with Crippen molar-refractivity contribution in [3.8, 4) is 0 Å². The first-order valence-electron chi connectivity index (χ1n) is 7.02. The minimum absolute atomic E-state index is 0.0943. The molecule has 4 nitrogen and oxygen atoms in total. The van der Waals surface area contributed by atoms with Crippen LogP contribution in [0.4, 0.5) is 0 Å². The Hall–Kier alpha value is -0.610. The van der Waals surface area contributed by atoms with Crippen LogP contribution in [0.25, 0.3) is 0 Å². The number of hydrogen-bond donors (Lipinski definition) is 2. The molecule has 2 N–H and O–H groups in total. The van der Waals surface area contributed by atoms with Gasteiger partial charge in [-0.2, -0.15) is 0 Å². The largest absolute Gasteiger partial charge is 0.353 e. The highest BCUT2D eigenvalue weighted by atomic mass is 16.1. The van der Waals surface area contributed by atoms with Gasteiger partial charge in [0.1, 0.15) is 0 Å². The van der Waals surface area contributed by atoms with Crippen LogP contribution < -0.4 is 10.6 Å². The quantitative estimate of drug-likeness (QED) is 0.657. The lowest BCUT2D eigenvalue weighted by Gasteiger charge is -2.24. The zero-order chi connectivity index (χ0) is 14.1. The van der Waals surface area contributed by atoms with E-state index in [1.807, 2.05) is 6.92 Å². The third kappa shape index (κ3) is 9.42. The third-order valence-electron chi connectivity index (χ3n) is 2.91. The standard InChI is InChI=1S/C14H31N3O/c1-7-12(4)16-14(18)9-15-13(8-11(2)3)10-17(5)6/h11-13,15H,7-10H2,1-6H3,(H,16,18). The summed E-state index contributed by atoms with van der Waals surface area (Å²) in [5.74, 6) is 0.733. The molecule has 1 amide bonds. The lowest BCUT2D eigenvalue weighted by molar-refractivity contribution is -0.121. The molecule has 0 aromatic rings. The van der Waals surface area contributed by atoms with Crippen LogP contribution in [0.5, 0.6) is 0 Å². The van der Waals surface area contributed by atoms with Crippen molar-refractivity contribution in [3.63, 3.8) is 0 Å². The number of rotatable bonds is 9. The molecule has 0 heterocycles. The second kappa shape index (κ2) is 9.34. The average molecular weight is 257 g/mol. The van der Waals surface area contributed by atoms with E-state index in [2.05, 4.69) is 50.4 Å². The van der Waals surface area contributed by atoms with E-state index in [1.54, 1.807) is 0 Å². The summed E-state index contributed by atoms with van der Waals surface area (Å²) in [5, 5.41) is 6.33. The average Bonchev–Trinajstić information content (AvgIpc) is 2.24. The van der Waals surface area contributed by atoms with Gasteiger partial charge in [-0.15, -0.1) is 0 Å². The first kappa shape index (κ1) is 17.4. The number of carbonyl (C=O) groups is 1. The highest BCUT2D eigenvalue weighted by molar-refractivity contribution is 5.78. The predicted molar refractivity (Wildman–Crippen MR) is 77.7 cm³/mol. The molecule has 0 aliphatic heterocycles. The minimum atomic E-state index is 0.0943. The summed E-state index contributed by atoms with van der Waals surface area (Å²) in [7, 11) is 4.13. The maximum Gasteiger partial charge on any atom is 0.234 e. The molecule has 0 radical (unpaired) electrons. The van der Waals surface area contributed by atoms with Crippen molar-refractivity contribution in [2.45, 2.75) is 52.6 Å². The number of hydrogen-bond acceptors (Lipinski definition) is 3. The normalized spacial score (nSPS) is 14.9. The zero-order valence-corrected chi connectivity index (χ0v) is 12.9. The summed E-state index contributed by atoms with van der Waals surface area (Å²) in [6.45, 7) is 9.91. The molecule has 0 bridgehead atoms. The molecule has 0 spiro atoms. The van der Waals surface area contributed by atoms with E-state index in [9.17, 15) is 4.79 Å². The van der Waals surface area contributed by atoms with Crippen molar-refractivity contribution in [1.82, 2.24) is 15.5 Å². The van der Waals surface area contributed by atoms with E-state index in [-0.39, 0.29) is 11.9 Å². The SMILES string of the molecule is CCC(C)NC(=O)CNC(CC(C)C)CN(C)C. The molecule has 0 aromatic heterocycles. The van der Waals surface area contributed by atoms with Gasteiger partial charge in [-0.3, -0.25) is 4.79 Å². The molecule has 18 heavy (non-hydrogen) atoms. The number of nitrogens with one attached hydrogen (secondary N) is 2. The van der Waals surface area contributed by atoms with Gasteiger partial charge in [0.05, 0.1) is 6.54 Å². The molecule has 2 atom stereocenters. The molecule has 0 aliphatic carbocycles. The van der Waals surface area contributed by atoms with Crippen molar-refractivity contribution in [3.05, 3.63) is 0 Å². The van der Waals surface area contributed by atoms with E-state index < -0.39 is 0 Å². The van der Waals surface area contributed by atoms with Crippen molar-refractivity contribution < 1.29 is 4.79 Å². The first-order chi connectivity index (χ1) is 8.35. The molecule has 4 heteroatoms. The Morgan fingerprint density at radius 1 is 1.22 bits per heavy atom. The Labute approximate surface area is 113 Å². The fourth-order valence-electron chi connectivity index (χ4n) is 1.90. The Bertz CT molecular complexity index is 219. The zero-order valence-electron chi connectivity index (χ0n) is 12.9. The molecule has 0 aromatic carbocycles. The van der Waals surface area contributed by atoms with E-state index >= 15 is 0 Å². The first-order valence-corrected chi connectivity index (χ1v) is 7.02. The van der Waals surface area contributed by atoms with Crippen LogP contribution in [-0.2, 0) is 4.79 Å². The maximum absolute atomic E-state index is 11.7. The van der Waals surface area contributed by atoms with Crippen LogP contribution in [0.15, 0.2) is 0 Å². The van der Waals surface area contributed by atoms with Crippen molar-refractivity contribution in [1.29, 1.82) is 0 Å². The molecule has 0 aliphatic rings. The number of carbonyl (C=O) groups excluding carboxylic acids is 1. The van der Waals surface area contributed by atoms with E-state index in [1.165, 1.54) is 0 Å². The summed E-state index contributed by atoms with van der Waals surface area (Å²) >= 11 is 0. The van der Waals surface area contributed by atoms with Crippen LogP contribution in [0, 0.1) is 5.92 Å². The second-order valence-electron chi connectivity index (χ2n) is 5.85. The van der Waals surface area contributed by atoms with E-state index in [4.69, 9.17) is 0 Å². The van der Waals surface area contributed by atoms with Gasteiger partial charge in [-0.05, 0) is 39.8 Å². The van der Waals surface area contributed by atoms with Gasteiger partial charge in [-0.25, -0.2) is 0 Å². The smallest absolute Gasteiger partial charge is 0.234 e. The molecule has 0 saturated heterocycles. The fraction of sp³-hybridized carbons (Fsp3) is 0.929. The van der Waals surface area contributed by atoms with Crippen LogP contribution in [0.2, 0.25) is 0 Å². The van der Waals surface area contributed by atoms with Crippen LogP contribution >= 0.6 is 0 Å². The Kier molecular flexibility index (Phi) is 9.02. The second-order valence-corrected chi connectivity index (χ2v) is 5.85. The summed E-state index contributed by atoms with van der Waals surface area (Å²) in [5.41, 5.74) is 0. The molecule has 0 saturated carbocycles. The monoisotopic (exact) mass is 257 g/mol. The van der Waals surface area contributed by atoms with Gasteiger partial charge < -0.3 is 15.5 Å². The molecule has 0 rings (SSSR count). The number of likely N-dealkylation sites (N-methyl/N-ethyl adjacent to an activating group) is 1. The van der Waals surface area contributed by atoms with Crippen LogP contribution in [0.1, 0.15) is 40.5 Å². The predicted octanol–water partition coefficient (Wildman–Crippen LogP) is 1.47. The molecular formula is C14H31N3O. The fourth-order valence-corrected chi connectivity index (χ4v) is 1.90. The summed E-state index contributed by atoms with van der Waals surface area (Å²) in [4.78, 5) is 13.9. The topological polar surface area (TPSA) is 44.4 Å². The highest BCUT2D eigenvalue weighted by Gasteiger charge is 2.13. The Morgan fingerprint density at radius 2 is 1.83 bits per heavy atom.